The molecule has 35 heteroatoms. The molecule has 0 aliphatic carbocycles. The van der Waals surface area contributed by atoms with Crippen LogP contribution in [0.5, 0.6) is 0 Å². The van der Waals surface area contributed by atoms with E-state index in [1.54, 1.807) is 45.6 Å². The van der Waals surface area contributed by atoms with E-state index in [2.05, 4.69) is 65.4 Å². The van der Waals surface area contributed by atoms with Crippen LogP contribution in [0.3, 0.4) is 0 Å². The van der Waals surface area contributed by atoms with Crippen LogP contribution in [0.2, 0.25) is 0 Å². The number of nitrogens with zero attached hydrogens (tertiary/aromatic N) is 1. The zero-order chi connectivity index (χ0) is 88.0. The van der Waals surface area contributed by atoms with Crippen LogP contribution in [0.15, 0.2) is 152 Å². The molecule has 6 fully saturated rings. The second-order valence-corrected chi connectivity index (χ2v) is 33.1. The fourth-order valence-electron chi connectivity index (χ4n) is 13.4. The van der Waals surface area contributed by atoms with Crippen LogP contribution >= 0.6 is 8.38 Å². The largest absolute Gasteiger partial charge is 0.523 e. The SMILES string of the molecule is CC[C@H]1OC(=O)[C@H](OCc2ccccc2)[C@@H](OCc2ccccc2)[C@@H]1C.CC[C@H]1O[C@@H](C)[C@H](OCc2ccccc2)[C@@H](OCc2ccccc2)[C@@H]1C.C[C@@H]1O[C@@H]2CO[C@@H](c3ccccc3)O[C@H]2[C@H](OS(=O)(=O)C(F)(F)F)[C@H]1OS(=O)(=O)C(F)(F)F.C[C@H]1[C@H](F)[C@H](O)[C@@H](CO)O[C@H]1C.[2H]C[C@H]1O[C@@H](C)[C@@H](C)[C@H](F)[C@@H]1OP(C)OCCC#N.[3H]OC. The molecule has 6 aliphatic heterocycles. The van der Waals surface area contributed by atoms with Gasteiger partial charge in [-0.15, -0.1) is 0 Å². The molecule has 5 aromatic rings. The second kappa shape index (κ2) is 48.1. The van der Waals surface area contributed by atoms with Crippen LogP contribution < -0.4 is 0 Å². The van der Waals surface area contributed by atoms with E-state index < -0.39 is 119 Å². The number of carbonyl (C=O) groups is 1. The number of cyclic esters (lactones) is 1. The predicted octanol–water partition coefficient (Wildman–Crippen LogP) is 14.2. The van der Waals surface area contributed by atoms with Crippen LogP contribution in [-0.2, 0) is 121 Å². The molecule has 24 nitrogen and oxygen atoms in total. The number of alkyl halides is 8. The van der Waals surface area contributed by atoms with Gasteiger partial charge in [-0.25, -0.2) is 13.6 Å². The van der Waals surface area contributed by atoms with E-state index in [4.69, 9.17) is 74.3 Å². The summed E-state index contributed by atoms with van der Waals surface area (Å²) in [4.78, 5) is 12.5. The van der Waals surface area contributed by atoms with Crippen molar-refractivity contribution in [3.8, 4) is 6.07 Å². The van der Waals surface area contributed by atoms with Crippen molar-refractivity contribution in [2.75, 3.05) is 33.6 Å². The van der Waals surface area contributed by atoms with Crippen LogP contribution in [0.4, 0.5) is 35.1 Å². The van der Waals surface area contributed by atoms with Crippen molar-refractivity contribution in [1.29, 1.82) is 6.69 Å². The molecule has 0 saturated carbocycles. The molecule has 1 unspecified atom stereocenters. The summed E-state index contributed by atoms with van der Waals surface area (Å²) in [6.07, 6.45) is -16.2. The third-order valence-corrected chi connectivity index (χ3v) is 23.5. The Labute approximate surface area is 685 Å². The second-order valence-electron chi connectivity index (χ2n) is 28.7. The van der Waals surface area contributed by atoms with Gasteiger partial charge in [-0.1, -0.05) is 193 Å². The molecule has 6 heterocycles. The molecule has 5 aromatic carbocycles. The number of nitriles is 1. The number of carbonyl (C=O) groups excluding carboxylic acids is 1. The van der Waals surface area contributed by atoms with Crippen molar-refractivity contribution < 1.29 is 143 Å². The van der Waals surface area contributed by atoms with E-state index in [1.807, 2.05) is 117 Å². The highest BCUT2D eigenvalue weighted by atomic mass is 32.2. The van der Waals surface area contributed by atoms with Gasteiger partial charge in [-0.3, -0.25) is 8.37 Å². The summed E-state index contributed by atoms with van der Waals surface area (Å²) in [6, 6.07) is 50.1. The summed E-state index contributed by atoms with van der Waals surface area (Å²) in [5, 5.41) is 29.9. The lowest BCUT2D eigenvalue weighted by Gasteiger charge is -2.47. The normalized spacial score (nSPS) is 32.2. The topological polar surface area (TPSA) is 308 Å². The van der Waals surface area contributed by atoms with E-state index >= 15 is 0 Å². The van der Waals surface area contributed by atoms with Gasteiger partial charge in [0, 0.05) is 44.4 Å². The number of halogens is 8. The van der Waals surface area contributed by atoms with Crippen LogP contribution in [0.25, 0.3) is 0 Å². The summed E-state index contributed by atoms with van der Waals surface area (Å²) in [7, 11) is -12.8. The maximum atomic E-state index is 14.3. The van der Waals surface area contributed by atoms with E-state index in [-0.39, 0.29) is 106 Å². The summed E-state index contributed by atoms with van der Waals surface area (Å²) in [5.41, 5.74) is -7.14. The standard InChI is InChI=1S/C23H30O3.C22H26O4.C16H16F6O9S2.C12H21FNO3P.C8H15FO3.CH4O/c1-4-21-17(2)22(24-15-19-11-7-5-8-12-19)23(18(3)26-21)25-16-20-13-9-6-10-14-20;1-3-19-16(2)20(24-14-17-10-6-4-7-11-17)21(22(23)26-19)25-15-18-12-8-5-9-13-18;1-8-11(30-32(23,24)15(17,18)19)13(31-33(25,26)16(20,21)22)12-10(28-8)7-27-14(29-12)9-5-3-2-4-6-9;1-8-9(2)16-10(3)12(11(8)13)17-18(4)15-7-5-6-14;1-4-5(2)12-6(3-10)8(11)7(4)9;1-2/h5-14,17-18,21-23H,4,15-16H2,1-3H3;4-13,16,19-21H,3,14-15H2,1-2H3;2-6,8,10-14H,7H2,1H3;8-12H,5,7H2,1-4H3;4-8,10-11H,3H2,1-2H3;2H,1H3/t17-,18+,21-,22+,23+;16-,19-,20+,21-;8-,10+,11-,12+,13+,14+;8-,9+,10-,11+,12-,18?;4-,5+,6-,7+,8-;/m11011./s1/i;;;3D;;2T. The van der Waals surface area contributed by atoms with Gasteiger partial charge >= 0.3 is 37.2 Å². The van der Waals surface area contributed by atoms with Crippen molar-refractivity contribution >= 4 is 34.6 Å². The fraction of sp³-hybridized carbons (Fsp3) is 0.610. The number of esters is 1. The van der Waals surface area contributed by atoms with Gasteiger partial charge in [0.05, 0.1) is 101 Å². The third kappa shape index (κ3) is 29.2. The highest BCUT2D eigenvalue weighted by Gasteiger charge is 2.60. The highest BCUT2D eigenvalue weighted by Crippen LogP contribution is 2.44. The van der Waals surface area contributed by atoms with Crippen molar-refractivity contribution in [3.05, 3.63) is 179 Å². The van der Waals surface area contributed by atoms with Gasteiger partial charge in [0.2, 0.25) is 1.43 Å². The molecule has 6 saturated heterocycles. The van der Waals surface area contributed by atoms with Gasteiger partial charge in [0.15, 0.2) is 20.8 Å². The van der Waals surface area contributed by atoms with Crippen molar-refractivity contribution in [2.45, 2.75) is 261 Å². The van der Waals surface area contributed by atoms with Crippen molar-refractivity contribution in [2.24, 2.45) is 23.7 Å². The number of aliphatic hydroxyl groups excluding tert-OH is 3. The first-order valence-corrected chi connectivity index (χ1v) is 42.9. The van der Waals surface area contributed by atoms with Gasteiger partial charge in [0.1, 0.15) is 73.4 Å². The molecule has 0 spiro atoms. The maximum absolute atomic E-state index is 14.3. The van der Waals surface area contributed by atoms with E-state index in [9.17, 15) is 61.9 Å². The number of hydrogen-bond donors (Lipinski definition) is 3. The molecule has 0 amide bonds. The average molecular weight is 1730 g/mol. The minimum Gasteiger partial charge on any atom is -0.460 e. The zero-order valence-corrected chi connectivity index (χ0v) is 69.9. The van der Waals surface area contributed by atoms with Gasteiger partial charge in [-0.05, 0) is 69.7 Å². The number of fused-ring (bicyclic) bond motifs is 1. The quantitative estimate of drug-likeness (QED) is 0.0122. The molecule has 656 valence electrons. The highest BCUT2D eigenvalue weighted by molar-refractivity contribution is 7.88. The van der Waals surface area contributed by atoms with Crippen molar-refractivity contribution in [1.82, 2.24) is 0 Å². The fourth-order valence-corrected chi connectivity index (χ4v) is 15.7. The summed E-state index contributed by atoms with van der Waals surface area (Å²) >= 11 is 0. The Morgan fingerprint density at radius 2 is 0.983 bits per heavy atom. The Kier molecular flexibility index (Phi) is 39.7. The van der Waals surface area contributed by atoms with Gasteiger partial charge in [0.25, 0.3) is 0 Å². The molecule has 0 radical (unpaired) electrons. The first-order valence-electron chi connectivity index (χ1n) is 39.5. The molecule has 0 aromatic heterocycles. The summed E-state index contributed by atoms with van der Waals surface area (Å²) < 4.78 is 247. The first-order chi connectivity index (χ1) is 56.4. The lowest BCUT2D eigenvalue weighted by atomic mass is 9.87. The monoisotopic (exact) mass is 1730 g/mol. The van der Waals surface area contributed by atoms with Crippen molar-refractivity contribution in [3.63, 3.8) is 0 Å². The molecular weight excluding hydrogens is 1610 g/mol. The maximum Gasteiger partial charge on any atom is 0.523 e. The van der Waals surface area contributed by atoms with E-state index in [0.29, 0.717) is 37.9 Å². The molecule has 0 bridgehead atoms. The molecule has 117 heavy (non-hydrogen) atoms. The van der Waals surface area contributed by atoms with E-state index in [1.165, 1.54) is 30.4 Å². The number of aliphatic hydroxyl groups is 3. The van der Waals surface area contributed by atoms with E-state index in [0.717, 1.165) is 30.9 Å². The summed E-state index contributed by atoms with van der Waals surface area (Å²) in [6.45, 7) is 21.8. The number of hydrogen-bond acceptors (Lipinski definition) is 24. The minimum atomic E-state index is -6.41. The Hall–Kier alpha value is -5.85. The lowest BCUT2D eigenvalue weighted by Crippen LogP contribution is -2.63. The molecule has 11 rings (SSSR count). The Morgan fingerprint density at radius 1 is 0.556 bits per heavy atom. The predicted molar refractivity (Wildman–Crippen MR) is 415 cm³/mol. The average Bonchev–Trinajstić information content (AvgIpc) is 0.755. The zero-order valence-electron chi connectivity index (χ0n) is 69.3. The number of benzene rings is 5. The Morgan fingerprint density at radius 3 is 1.45 bits per heavy atom. The smallest absolute Gasteiger partial charge is 0.460 e. The lowest BCUT2D eigenvalue weighted by molar-refractivity contribution is -0.320. The Balaban J connectivity index is 0.000000235. The number of rotatable bonds is 25. The van der Waals surface area contributed by atoms with Gasteiger partial charge < -0.3 is 76.5 Å². The van der Waals surface area contributed by atoms with Gasteiger partial charge in [-0.2, -0.15) is 48.4 Å². The molecule has 3 N–H and O–H groups in total. The summed E-state index contributed by atoms with van der Waals surface area (Å²) in [5.74, 6) is -0.551. The van der Waals surface area contributed by atoms with Crippen LogP contribution in [-0.4, -0.2) is 206 Å². The molecular formula is C82H112F8NO23PS2. The molecule has 6 aliphatic rings. The molecule has 26 atom stereocenters. The first kappa shape index (κ1) is 96.6. The van der Waals surface area contributed by atoms with Crippen LogP contribution in [0.1, 0.15) is 131 Å². The van der Waals surface area contributed by atoms with Crippen LogP contribution in [0, 0.1) is 35.0 Å². The third-order valence-electron chi connectivity index (χ3n) is 20.4. The number of ether oxygens (including phenoxy) is 11. The minimum absolute atomic E-state index is 0.0145. The Bertz CT molecular complexity index is 3970.